The normalized spacial score (nSPS) is 13.4. The number of aliphatic hydroxyl groups excluding tert-OH is 1. The molecule has 1 aromatic carbocycles. The Balaban J connectivity index is 2.77. The van der Waals surface area contributed by atoms with Gasteiger partial charge in [0.1, 0.15) is 0 Å². The van der Waals surface area contributed by atoms with E-state index in [9.17, 15) is 9.59 Å². The third kappa shape index (κ3) is 4.06. The molecule has 2 N–H and O–H groups in total. The van der Waals surface area contributed by atoms with Crippen LogP contribution in [0.4, 0.5) is 0 Å². The summed E-state index contributed by atoms with van der Waals surface area (Å²) < 4.78 is 4.51. The number of rotatable bonds is 6. The van der Waals surface area contributed by atoms with E-state index in [2.05, 4.69) is 10.1 Å². The van der Waals surface area contributed by atoms with E-state index in [1.54, 1.807) is 0 Å². The van der Waals surface area contributed by atoms with Gasteiger partial charge in [0.15, 0.2) is 6.04 Å². The highest BCUT2D eigenvalue weighted by atomic mass is 16.5. The van der Waals surface area contributed by atoms with Crippen molar-refractivity contribution in [1.82, 2.24) is 5.32 Å². The highest BCUT2D eigenvalue weighted by Crippen LogP contribution is 2.19. The van der Waals surface area contributed by atoms with Crippen molar-refractivity contribution in [2.75, 3.05) is 13.7 Å². The summed E-state index contributed by atoms with van der Waals surface area (Å²) in [7, 11) is 1.21. The molecule has 0 aliphatic heterocycles. The Kier molecular flexibility index (Phi) is 6.02. The minimum Gasteiger partial charge on any atom is -0.467 e. The van der Waals surface area contributed by atoms with E-state index in [4.69, 9.17) is 5.11 Å². The van der Waals surface area contributed by atoms with Gasteiger partial charge in [0.2, 0.25) is 5.91 Å². The first-order valence-electron chi connectivity index (χ1n) is 6.18. The Hall–Kier alpha value is -1.88. The van der Waals surface area contributed by atoms with Gasteiger partial charge in [0.05, 0.1) is 19.6 Å². The van der Waals surface area contributed by atoms with E-state index < -0.39 is 18.6 Å². The van der Waals surface area contributed by atoms with E-state index in [1.165, 1.54) is 7.11 Å². The van der Waals surface area contributed by atoms with Crippen molar-refractivity contribution in [2.24, 2.45) is 0 Å². The molecule has 1 unspecified atom stereocenters. The second-order valence-corrected chi connectivity index (χ2v) is 4.14. The number of hydrogen-bond acceptors (Lipinski definition) is 4. The fourth-order valence-electron chi connectivity index (χ4n) is 1.85. The number of aliphatic hydroxyl groups is 1. The van der Waals surface area contributed by atoms with Crippen molar-refractivity contribution in [3.05, 3.63) is 35.9 Å². The van der Waals surface area contributed by atoms with Crippen LogP contribution in [-0.4, -0.2) is 36.7 Å². The lowest BCUT2D eigenvalue weighted by atomic mass is 9.95. The molecule has 5 heteroatoms. The van der Waals surface area contributed by atoms with Crippen molar-refractivity contribution < 1.29 is 19.4 Å². The summed E-state index contributed by atoms with van der Waals surface area (Å²) in [5.74, 6) is -1.29. The fraction of sp³-hybridized carbons (Fsp3) is 0.429. The molecule has 0 radical (unpaired) electrons. The summed E-state index contributed by atoms with van der Waals surface area (Å²) >= 11 is 0. The molecule has 0 fully saturated rings. The molecule has 0 aliphatic rings. The van der Waals surface area contributed by atoms with Gasteiger partial charge in [-0.1, -0.05) is 37.3 Å². The van der Waals surface area contributed by atoms with Gasteiger partial charge < -0.3 is 15.2 Å². The number of methoxy groups -OCH3 is 1. The maximum absolute atomic E-state index is 12.1. The van der Waals surface area contributed by atoms with Crippen LogP contribution in [0.15, 0.2) is 30.3 Å². The Morgan fingerprint density at radius 3 is 2.42 bits per heavy atom. The van der Waals surface area contributed by atoms with Crippen LogP contribution >= 0.6 is 0 Å². The van der Waals surface area contributed by atoms with E-state index in [1.807, 2.05) is 37.3 Å². The second-order valence-electron chi connectivity index (χ2n) is 4.14. The van der Waals surface area contributed by atoms with Crippen LogP contribution in [0, 0.1) is 0 Å². The number of amides is 1. The first kappa shape index (κ1) is 15.2. The quantitative estimate of drug-likeness (QED) is 0.747. The summed E-state index contributed by atoms with van der Waals surface area (Å²) in [6.45, 7) is 1.41. The van der Waals surface area contributed by atoms with Crippen molar-refractivity contribution >= 4 is 11.9 Å². The number of carbonyl (C=O) groups excluding carboxylic acids is 2. The molecule has 0 heterocycles. The Bertz CT molecular complexity index is 419. The van der Waals surface area contributed by atoms with Gasteiger partial charge in [-0.2, -0.15) is 0 Å². The van der Waals surface area contributed by atoms with Crippen molar-refractivity contribution in [3.63, 3.8) is 0 Å². The van der Waals surface area contributed by atoms with E-state index in [0.29, 0.717) is 6.42 Å². The van der Waals surface area contributed by atoms with E-state index in [-0.39, 0.29) is 11.8 Å². The highest BCUT2D eigenvalue weighted by molar-refractivity contribution is 5.88. The molecule has 1 amide bonds. The first-order chi connectivity index (χ1) is 9.13. The minimum absolute atomic E-state index is 0.293. The van der Waals surface area contributed by atoms with Gasteiger partial charge in [-0.05, 0) is 12.0 Å². The van der Waals surface area contributed by atoms with Gasteiger partial charge in [-0.3, -0.25) is 4.79 Å². The number of carbonyl (C=O) groups is 2. The van der Waals surface area contributed by atoms with Crippen LogP contribution in [-0.2, 0) is 14.3 Å². The van der Waals surface area contributed by atoms with Gasteiger partial charge >= 0.3 is 5.97 Å². The molecule has 19 heavy (non-hydrogen) atoms. The molecular weight excluding hydrogens is 246 g/mol. The van der Waals surface area contributed by atoms with Gasteiger partial charge in [0, 0.05) is 0 Å². The maximum Gasteiger partial charge on any atom is 0.330 e. The molecule has 5 nitrogen and oxygen atoms in total. The number of esters is 1. The Morgan fingerprint density at radius 1 is 1.32 bits per heavy atom. The summed E-state index contributed by atoms with van der Waals surface area (Å²) in [4.78, 5) is 23.5. The minimum atomic E-state index is -1.02. The van der Waals surface area contributed by atoms with Crippen molar-refractivity contribution in [3.8, 4) is 0 Å². The lowest BCUT2D eigenvalue weighted by Crippen LogP contribution is -2.45. The topological polar surface area (TPSA) is 75.6 Å². The highest BCUT2D eigenvalue weighted by Gasteiger charge is 2.25. The zero-order chi connectivity index (χ0) is 14.3. The standard InChI is InChI=1S/C14H19NO4/c1-3-11(10-7-5-4-6-8-10)13(17)15-12(9-16)14(18)19-2/h4-8,11-12,16H,3,9H2,1-2H3,(H,15,17)/t11?,12-/m0/s1. The van der Waals surface area contributed by atoms with E-state index >= 15 is 0 Å². The molecule has 0 saturated heterocycles. The third-order valence-electron chi connectivity index (χ3n) is 2.91. The predicted molar refractivity (Wildman–Crippen MR) is 70.5 cm³/mol. The van der Waals surface area contributed by atoms with Crippen LogP contribution in [0.5, 0.6) is 0 Å². The predicted octanol–water partition coefficient (Wildman–Crippen LogP) is 0.830. The average molecular weight is 265 g/mol. The van der Waals surface area contributed by atoms with Crippen LogP contribution in [0.25, 0.3) is 0 Å². The average Bonchev–Trinajstić information content (AvgIpc) is 2.45. The molecule has 0 aliphatic carbocycles. The van der Waals surface area contributed by atoms with Crippen LogP contribution in [0.2, 0.25) is 0 Å². The van der Waals surface area contributed by atoms with Crippen LogP contribution < -0.4 is 5.32 Å². The summed E-state index contributed by atoms with van der Waals surface area (Å²) in [6.07, 6.45) is 0.606. The zero-order valence-electron chi connectivity index (χ0n) is 11.1. The monoisotopic (exact) mass is 265 g/mol. The van der Waals surface area contributed by atoms with E-state index in [0.717, 1.165) is 5.56 Å². The third-order valence-corrected chi connectivity index (χ3v) is 2.91. The Morgan fingerprint density at radius 2 is 1.95 bits per heavy atom. The molecule has 2 atom stereocenters. The zero-order valence-corrected chi connectivity index (χ0v) is 11.1. The molecule has 104 valence electrons. The lowest BCUT2D eigenvalue weighted by molar-refractivity contribution is -0.146. The Labute approximate surface area is 112 Å². The molecule has 1 aromatic rings. The molecule has 0 aromatic heterocycles. The van der Waals surface area contributed by atoms with Gasteiger partial charge in [0.25, 0.3) is 0 Å². The largest absolute Gasteiger partial charge is 0.467 e. The molecule has 0 saturated carbocycles. The summed E-state index contributed by atoms with van der Waals surface area (Å²) in [6, 6.07) is 8.29. The molecule has 1 rings (SSSR count). The number of benzene rings is 1. The van der Waals surface area contributed by atoms with Gasteiger partial charge in [-0.25, -0.2) is 4.79 Å². The lowest BCUT2D eigenvalue weighted by Gasteiger charge is -2.19. The SMILES string of the molecule is CCC(C(=O)N[C@@H](CO)C(=O)OC)c1ccccc1. The molecule has 0 bridgehead atoms. The fourth-order valence-corrected chi connectivity index (χ4v) is 1.85. The first-order valence-corrected chi connectivity index (χ1v) is 6.18. The van der Waals surface area contributed by atoms with Crippen molar-refractivity contribution in [1.29, 1.82) is 0 Å². The van der Waals surface area contributed by atoms with Gasteiger partial charge in [-0.15, -0.1) is 0 Å². The van der Waals surface area contributed by atoms with Crippen LogP contribution in [0.3, 0.4) is 0 Å². The maximum atomic E-state index is 12.1. The second kappa shape index (κ2) is 7.53. The van der Waals surface area contributed by atoms with Crippen molar-refractivity contribution in [2.45, 2.75) is 25.3 Å². The smallest absolute Gasteiger partial charge is 0.330 e. The molecular formula is C14H19NO4. The number of ether oxygens (including phenoxy) is 1. The molecule has 0 spiro atoms. The van der Waals surface area contributed by atoms with Crippen LogP contribution in [0.1, 0.15) is 24.8 Å². The number of hydrogen-bond donors (Lipinski definition) is 2. The number of nitrogens with one attached hydrogen (secondary N) is 1. The summed E-state index contributed by atoms with van der Waals surface area (Å²) in [5.41, 5.74) is 0.879. The summed E-state index contributed by atoms with van der Waals surface area (Å²) in [5, 5.41) is 11.6.